The molecular formula is C36H27Cl3N4O6S2. The molecule has 0 aliphatic rings. The summed E-state index contributed by atoms with van der Waals surface area (Å²) in [6.45, 7) is -0.228. The summed E-state index contributed by atoms with van der Waals surface area (Å²) < 4.78 is 5.53. The van der Waals surface area contributed by atoms with Gasteiger partial charge in [0, 0.05) is 44.6 Å². The number of hydrogen-bond acceptors (Lipinski definition) is 10. The Balaban J connectivity index is 0.000000190. The molecular weight excluding hydrogens is 755 g/mol. The molecule has 3 N–H and O–H groups in total. The number of ether oxygens (including phenoxy) is 1. The van der Waals surface area contributed by atoms with Gasteiger partial charge in [-0.25, -0.2) is 9.97 Å². The van der Waals surface area contributed by atoms with Crippen molar-refractivity contribution in [1.29, 1.82) is 0 Å². The normalized spacial score (nSPS) is 10.0. The van der Waals surface area contributed by atoms with E-state index in [-0.39, 0.29) is 58.5 Å². The van der Waals surface area contributed by atoms with Gasteiger partial charge in [0.1, 0.15) is 17.4 Å². The van der Waals surface area contributed by atoms with Crippen molar-refractivity contribution in [3.05, 3.63) is 151 Å². The number of phenolic OH excluding ortho intramolecular Hbond substituents is 1. The number of nitrogens with zero attached hydrogens (tertiary/aromatic N) is 2. The number of aromatic hydroxyl groups is 1. The van der Waals surface area contributed by atoms with Crippen molar-refractivity contribution in [2.45, 2.75) is 0 Å². The average molecular weight is 782 g/mol. The maximum atomic E-state index is 12.5. The third kappa shape index (κ3) is 12.3. The summed E-state index contributed by atoms with van der Waals surface area (Å²) in [5.41, 5.74) is 1.90. The number of anilines is 2. The van der Waals surface area contributed by atoms with E-state index >= 15 is 0 Å². The molecule has 0 spiro atoms. The molecule has 260 valence electrons. The zero-order valence-corrected chi connectivity index (χ0v) is 30.2. The number of carbonyl (C=O) groups excluding carboxylic acids is 4. The number of para-hydroxylation sites is 2. The molecule has 10 nitrogen and oxygen atoms in total. The second-order valence-electron chi connectivity index (χ2n) is 9.89. The molecule has 0 saturated heterocycles. The molecule has 4 aromatic carbocycles. The average Bonchev–Trinajstić information content (AvgIpc) is 3.89. The number of carbonyl (C=O) groups is 4. The lowest BCUT2D eigenvalue weighted by Crippen LogP contribution is -2.20. The molecule has 15 heteroatoms. The fourth-order valence-electron chi connectivity index (χ4n) is 3.97. The van der Waals surface area contributed by atoms with Gasteiger partial charge in [0.25, 0.3) is 5.91 Å². The summed E-state index contributed by atoms with van der Waals surface area (Å²) in [6, 6.07) is 27.3. The van der Waals surface area contributed by atoms with Crippen LogP contribution in [-0.4, -0.2) is 50.9 Å². The zero-order valence-electron chi connectivity index (χ0n) is 26.3. The summed E-state index contributed by atoms with van der Waals surface area (Å²) in [7, 11) is 0. The first-order valence-electron chi connectivity index (χ1n) is 14.7. The van der Waals surface area contributed by atoms with Crippen LogP contribution in [0.3, 0.4) is 0 Å². The number of ketones is 2. The second kappa shape index (κ2) is 19.9. The zero-order chi connectivity index (χ0) is 36.6. The number of aromatic nitrogens is 2. The molecule has 6 rings (SSSR count). The molecule has 0 saturated carbocycles. The van der Waals surface area contributed by atoms with Crippen molar-refractivity contribution >= 4 is 92.2 Å². The number of hydrogen-bond donors (Lipinski definition) is 3. The summed E-state index contributed by atoms with van der Waals surface area (Å²) in [6.07, 6.45) is 3.09. The number of phenols is 1. The van der Waals surface area contributed by atoms with E-state index in [0.29, 0.717) is 25.7 Å². The van der Waals surface area contributed by atoms with Crippen molar-refractivity contribution < 1.29 is 29.0 Å². The van der Waals surface area contributed by atoms with E-state index in [1.165, 1.54) is 46.9 Å². The SMILES string of the molecule is O=C(CCl)Nc1ccccc1.O=C(COc1ccc(Cl)cc1C(=O)c1nccs1)Nc1ccccc1.O=C(c1nccs1)c1cc(Cl)ccc1O. The van der Waals surface area contributed by atoms with E-state index in [0.717, 1.165) is 5.69 Å². The minimum absolute atomic E-state index is 0.00507. The lowest BCUT2D eigenvalue weighted by atomic mass is 10.1. The first-order chi connectivity index (χ1) is 24.6. The van der Waals surface area contributed by atoms with Crippen LogP contribution in [0.15, 0.2) is 120 Å². The van der Waals surface area contributed by atoms with Crippen LogP contribution in [0.5, 0.6) is 11.5 Å². The van der Waals surface area contributed by atoms with Gasteiger partial charge >= 0.3 is 0 Å². The Kier molecular flexibility index (Phi) is 15.1. The standard InChI is InChI=1S/C18H13ClN2O3S.C10H6ClNO2S.C8H8ClNO/c19-12-6-7-15(14(10-12)17(23)18-20-8-9-25-18)24-11-16(22)21-13-4-2-1-3-5-13;11-6-1-2-8(13)7(5-6)9(14)10-12-3-4-15-10;9-6-8(11)10-7-4-2-1-3-5-7/h1-10H,11H2,(H,21,22);1-5,13H;1-5H,6H2,(H,10,11). The summed E-state index contributed by atoms with van der Waals surface area (Å²) in [5, 5.41) is 19.7. The maximum absolute atomic E-state index is 12.5. The Hall–Kier alpha value is -5.11. The molecule has 0 bridgehead atoms. The van der Waals surface area contributed by atoms with Crippen LogP contribution in [0.1, 0.15) is 30.7 Å². The van der Waals surface area contributed by atoms with Crippen LogP contribution < -0.4 is 15.4 Å². The molecule has 2 heterocycles. The van der Waals surface area contributed by atoms with Crippen molar-refractivity contribution in [3.8, 4) is 11.5 Å². The fraction of sp³-hybridized carbons (Fsp3) is 0.0556. The van der Waals surface area contributed by atoms with Crippen LogP contribution in [0, 0.1) is 0 Å². The van der Waals surface area contributed by atoms with Crippen molar-refractivity contribution in [2.75, 3.05) is 23.1 Å². The molecule has 0 aliphatic heterocycles. The highest BCUT2D eigenvalue weighted by atomic mass is 35.5. The number of alkyl halides is 1. The smallest absolute Gasteiger partial charge is 0.262 e. The van der Waals surface area contributed by atoms with Gasteiger partial charge in [-0.2, -0.15) is 0 Å². The first kappa shape index (κ1) is 38.7. The Bertz CT molecular complexity index is 2050. The molecule has 0 fully saturated rings. The van der Waals surface area contributed by atoms with E-state index in [2.05, 4.69) is 20.6 Å². The molecule has 6 aromatic rings. The van der Waals surface area contributed by atoms with Gasteiger partial charge in [0.05, 0.1) is 11.1 Å². The Morgan fingerprint density at radius 3 is 1.67 bits per heavy atom. The molecule has 0 radical (unpaired) electrons. The number of rotatable bonds is 10. The van der Waals surface area contributed by atoms with E-state index in [1.807, 2.05) is 48.5 Å². The predicted molar refractivity (Wildman–Crippen MR) is 202 cm³/mol. The Morgan fingerprint density at radius 1 is 0.667 bits per heavy atom. The number of nitrogens with one attached hydrogen (secondary N) is 2. The van der Waals surface area contributed by atoms with Gasteiger partial charge in [-0.3, -0.25) is 19.2 Å². The first-order valence-corrected chi connectivity index (χ1v) is 17.7. The monoisotopic (exact) mass is 780 g/mol. The van der Waals surface area contributed by atoms with Crippen molar-refractivity contribution in [2.24, 2.45) is 0 Å². The molecule has 2 amide bonds. The number of benzene rings is 4. The minimum Gasteiger partial charge on any atom is -0.507 e. The van der Waals surface area contributed by atoms with Gasteiger partial charge in [0.15, 0.2) is 16.6 Å². The van der Waals surface area contributed by atoms with Crippen molar-refractivity contribution in [1.82, 2.24) is 9.97 Å². The van der Waals surface area contributed by atoms with Crippen LogP contribution >= 0.6 is 57.5 Å². The molecule has 0 unspecified atom stereocenters. The van der Waals surface area contributed by atoms with Gasteiger partial charge in [-0.15, -0.1) is 34.3 Å². The molecule has 2 aromatic heterocycles. The lowest BCUT2D eigenvalue weighted by molar-refractivity contribution is -0.118. The third-order valence-electron chi connectivity index (χ3n) is 6.24. The largest absolute Gasteiger partial charge is 0.507 e. The van der Waals surface area contributed by atoms with E-state index in [1.54, 1.807) is 47.4 Å². The van der Waals surface area contributed by atoms with E-state index in [9.17, 15) is 24.3 Å². The minimum atomic E-state index is -0.325. The third-order valence-corrected chi connectivity index (χ3v) is 8.49. The summed E-state index contributed by atoms with van der Waals surface area (Å²) >= 11 is 19.5. The highest BCUT2D eigenvalue weighted by Gasteiger charge is 2.19. The van der Waals surface area contributed by atoms with E-state index in [4.69, 9.17) is 39.5 Å². The van der Waals surface area contributed by atoms with Crippen LogP contribution in [0.2, 0.25) is 10.0 Å². The highest BCUT2D eigenvalue weighted by Crippen LogP contribution is 2.27. The van der Waals surface area contributed by atoms with Gasteiger partial charge in [-0.05, 0) is 60.7 Å². The summed E-state index contributed by atoms with van der Waals surface area (Å²) in [4.78, 5) is 55.0. The fourth-order valence-corrected chi connectivity index (χ4v) is 5.56. The maximum Gasteiger partial charge on any atom is 0.262 e. The van der Waals surface area contributed by atoms with Crippen molar-refractivity contribution in [3.63, 3.8) is 0 Å². The molecule has 51 heavy (non-hydrogen) atoms. The van der Waals surface area contributed by atoms with Gasteiger partial charge in [0.2, 0.25) is 17.5 Å². The molecule has 0 atom stereocenters. The lowest BCUT2D eigenvalue weighted by Gasteiger charge is -2.11. The number of amides is 2. The van der Waals surface area contributed by atoms with Crippen LogP contribution in [0.4, 0.5) is 11.4 Å². The number of halogens is 3. The number of thiazole rings is 2. The Morgan fingerprint density at radius 2 is 1.16 bits per heavy atom. The molecule has 0 aliphatic carbocycles. The van der Waals surface area contributed by atoms with Crippen LogP contribution in [0.25, 0.3) is 0 Å². The van der Waals surface area contributed by atoms with Gasteiger partial charge < -0.3 is 20.5 Å². The highest BCUT2D eigenvalue weighted by molar-refractivity contribution is 7.12. The second-order valence-corrected chi connectivity index (χ2v) is 12.8. The Labute approximate surface area is 315 Å². The topological polar surface area (TPSA) is 148 Å². The predicted octanol–water partition coefficient (Wildman–Crippen LogP) is 8.64. The summed E-state index contributed by atoms with van der Waals surface area (Å²) in [5.74, 6) is -0.922. The van der Waals surface area contributed by atoms with Crippen LogP contribution in [-0.2, 0) is 9.59 Å². The van der Waals surface area contributed by atoms with E-state index < -0.39 is 0 Å². The quantitative estimate of drug-likeness (QED) is 0.0925. The van der Waals surface area contributed by atoms with Gasteiger partial charge in [-0.1, -0.05) is 59.6 Å².